The standard InChI is InChI=1S/C18H24N6O/c1-4-19-18-22-16(15-17(23-18)24(11-21-15)12(2)3)20-10-9-13-5-7-14(25)8-6-13/h5-8,11-12,25H,4,9-10H2,1-3H3,(H2,19,20,22,23). The number of aromatic hydroxyl groups is 1. The summed E-state index contributed by atoms with van der Waals surface area (Å²) < 4.78 is 2.04. The molecule has 0 unspecified atom stereocenters. The van der Waals surface area contributed by atoms with Crippen molar-refractivity contribution in [1.82, 2.24) is 19.5 Å². The number of phenols is 1. The van der Waals surface area contributed by atoms with E-state index in [2.05, 4.69) is 39.4 Å². The van der Waals surface area contributed by atoms with Crippen molar-refractivity contribution in [2.45, 2.75) is 33.2 Å². The molecule has 2 heterocycles. The minimum Gasteiger partial charge on any atom is -0.508 e. The van der Waals surface area contributed by atoms with Gasteiger partial charge < -0.3 is 20.3 Å². The molecule has 3 aromatic rings. The molecule has 0 atom stereocenters. The Morgan fingerprint density at radius 3 is 2.56 bits per heavy atom. The minimum atomic E-state index is 0.277. The maximum atomic E-state index is 9.36. The van der Waals surface area contributed by atoms with E-state index in [1.54, 1.807) is 12.1 Å². The topological polar surface area (TPSA) is 87.9 Å². The highest BCUT2D eigenvalue weighted by molar-refractivity contribution is 5.84. The van der Waals surface area contributed by atoms with Crippen molar-refractivity contribution in [2.24, 2.45) is 0 Å². The fourth-order valence-electron chi connectivity index (χ4n) is 2.64. The van der Waals surface area contributed by atoms with Crippen LogP contribution in [-0.4, -0.2) is 37.7 Å². The molecule has 0 saturated heterocycles. The summed E-state index contributed by atoms with van der Waals surface area (Å²) in [5, 5.41) is 15.9. The predicted molar refractivity (Wildman–Crippen MR) is 100 cm³/mol. The van der Waals surface area contributed by atoms with Crippen LogP contribution in [0.2, 0.25) is 0 Å². The van der Waals surface area contributed by atoms with Crippen molar-refractivity contribution >= 4 is 22.9 Å². The lowest BCUT2D eigenvalue weighted by molar-refractivity contribution is 0.475. The molecule has 0 amide bonds. The first kappa shape index (κ1) is 17.0. The lowest BCUT2D eigenvalue weighted by Gasteiger charge is -2.11. The average molecular weight is 340 g/mol. The Balaban J connectivity index is 1.82. The van der Waals surface area contributed by atoms with Crippen molar-refractivity contribution in [3.63, 3.8) is 0 Å². The minimum absolute atomic E-state index is 0.277. The summed E-state index contributed by atoms with van der Waals surface area (Å²) in [4.78, 5) is 13.6. The van der Waals surface area contributed by atoms with Crippen LogP contribution < -0.4 is 10.6 Å². The van der Waals surface area contributed by atoms with Gasteiger partial charge in [0.2, 0.25) is 5.95 Å². The van der Waals surface area contributed by atoms with Crippen LogP contribution >= 0.6 is 0 Å². The SMILES string of the molecule is CCNc1nc(NCCc2ccc(O)cc2)c2ncn(C(C)C)c2n1. The van der Waals surface area contributed by atoms with E-state index in [4.69, 9.17) is 0 Å². The zero-order chi connectivity index (χ0) is 17.8. The first-order valence-electron chi connectivity index (χ1n) is 8.58. The Kier molecular flexibility index (Phi) is 5.02. The smallest absolute Gasteiger partial charge is 0.226 e. The summed E-state index contributed by atoms with van der Waals surface area (Å²) in [6.45, 7) is 7.71. The van der Waals surface area contributed by atoms with E-state index in [9.17, 15) is 5.11 Å². The summed E-state index contributed by atoms with van der Waals surface area (Å²) in [6, 6.07) is 7.52. The maximum Gasteiger partial charge on any atom is 0.226 e. The molecule has 7 nitrogen and oxygen atoms in total. The molecule has 0 saturated carbocycles. The number of phenolic OH excluding ortho intramolecular Hbond substituents is 1. The van der Waals surface area contributed by atoms with Crippen LogP contribution in [0.15, 0.2) is 30.6 Å². The molecule has 0 bridgehead atoms. The Morgan fingerprint density at radius 1 is 1.12 bits per heavy atom. The van der Waals surface area contributed by atoms with Crippen molar-refractivity contribution in [3.8, 4) is 5.75 Å². The second kappa shape index (κ2) is 7.38. The Morgan fingerprint density at radius 2 is 1.88 bits per heavy atom. The molecule has 7 heteroatoms. The predicted octanol–water partition coefficient (Wildman–Crippen LogP) is 3.20. The number of hydrogen-bond donors (Lipinski definition) is 3. The molecule has 25 heavy (non-hydrogen) atoms. The summed E-state index contributed by atoms with van der Waals surface area (Å²) in [5.74, 6) is 1.62. The molecule has 0 aliphatic rings. The third kappa shape index (κ3) is 3.81. The summed E-state index contributed by atoms with van der Waals surface area (Å²) in [6.07, 6.45) is 2.64. The molecule has 0 spiro atoms. The number of imidazole rings is 1. The van der Waals surface area contributed by atoms with Crippen LogP contribution in [0.5, 0.6) is 5.75 Å². The largest absolute Gasteiger partial charge is 0.508 e. The molecule has 2 aromatic heterocycles. The zero-order valence-electron chi connectivity index (χ0n) is 14.8. The highest BCUT2D eigenvalue weighted by Gasteiger charge is 2.14. The van der Waals surface area contributed by atoms with Gasteiger partial charge in [-0.05, 0) is 44.9 Å². The van der Waals surface area contributed by atoms with Crippen molar-refractivity contribution in [2.75, 3.05) is 23.7 Å². The highest BCUT2D eigenvalue weighted by atomic mass is 16.3. The fourth-order valence-corrected chi connectivity index (χ4v) is 2.64. The van der Waals surface area contributed by atoms with E-state index >= 15 is 0 Å². The molecular weight excluding hydrogens is 316 g/mol. The Hall–Kier alpha value is -2.83. The number of fused-ring (bicyclic) bond motifs is 1. The number of hydrogen-bond acceptors (Lipinski definition) is 6. The monoisotopic (exact) mass is 340 g/mol. The number of nitrogens with one attached hydrogen (secondary N) is 2. The number of benzene rings is 1. The van der Waals surface area contributed by atoms with Crippen LogP contribution in [0.4, 0.5) is 11.8 Å². The van der Waals surface area contributed by atoms with E-state index in [0.29, 0.717) is 5.95 Å². The molecule has 3 rings (SSSR count). The maximum absolute atomic E-state index is 9.36. The molecule has 0 aliphatic carbocycles. The molecule has 0 radical (unpaired) electrons. The van der Waals surface area contributed by atoms with Gasteiger partial charge in [-0.15, -0.1) is 0 Å². The third-order valence-corrected chi connectivity index (χ3v) is 3.96. The molecular formula is C18H24N6O. The quantitative estimate of drug-likeness (QED) is 0.612. The van der Waals surface area contributed by atoms with Crippen LogP contribution in [0.25, 0.3) is 11.2 Å². The average Bonchev–Trinajstić information content (AvgIpc) is 3.01. The van der Waals surface area contributed by atoms with Crippen LogP contribution in [-0.2, 0) is 6.42 Å². The molecule has 132 valence electrons. The Labute approximate surface area is 147 Å². The van der Waals surface area contributed by atoms with Gasteiger partial charge >= 0.3 is 0 Å². The number of anilines is 2. The van der Waals surface area contributed by atoms with Gasteiger partial charge in [0.1, 0.15) is 5.75 Å². The summed E-state index contributed by atoms with van der Waals surface area (Å²) in [5.41, 5.74) is 2.75. The van der Waals surface area contributed by atoms with E-state index in [0.717, 1.165) is 42.1 Å². The van der Waals surface area contributed by atoms with E-state index in [-0.39, 0.29) is 11.8 Å². The van der Waals surface area contributed by atoms with Gasteiger partial charge in [0.15, 0.2) is 17.0 Å². The summed E-state index contributed by atoms with van der Waals surface area (Å²) in [7, 11) is 0. The summed E-state index contributed by atoms with van der Waals surface area (Å²) >= 11 is 0. The second-order valence-electron chi connectivity index (χ2n) is 6.19. The van der Waals surface area contributed by atoms with Crippen molar-refractivity contribution in [3.05, 3.63) is 36.2 Å². The second-order valence-corrected chi connectivity index (χ2v) is 6.19. The lowest BCUT2D eigenvalue weighted by Crippen LogP contribution is -2.11. The van der Waals surface area contributed by atoms with Crippen molar-refractivity contribution < 1.29 is 5.11 Å². The van der Waals surface area contributed by atoms with E-state index in [1.165, 1.54) is 0 Å². The van der Waals surface area contributed by atoms with Gasteiger partial charge in [0, 0.05) is 19.1 Å². The zero-order valence-corrected chi connectivity index (χ0v) is 14.8. The van der Waals surface area contributed by atoms with Crippen LogP contribution in [0.3, 0.4) is 0 Å². The third-order valence-electron chi connectivity index (χ3n) is 3.96. The fraction of sp³-hybridized carbons (Fsp3) is 0.389. The number of nitrogens with zero attached hydrogens (tertiary/aromatic N) is 4. The first-order valence-corrected chi connectivity index (χ1v) is 8.58. The van der Waals surface area contributed by atoms with Crippen LogP contribution in [0, 0.1) is 0 Å². The van der Waals surface area contributed by atoms with Gasteiger partial charge in [-0.3, -0.25) is 0 Å². The van der Waals surface area contributed by atoms with Gasteiger partial charge in [0.25, 0.3) is 0 Å². The number of aromatic nitrogens is 4. The molecule has 0 aliphatic heterocycles. The highest BCUT2D eigenvalue weighted by Crippen LogP contribution is 2.23. The van der Waals surface area contributed by atoms with Gasteiger partial charge in [-0.2, -0.15) is 9.97 Å². The van der Waals surface area contributed by atoms with Gasteiger partial charge in [-0.1, -0.05) is 12.1 Å². The van der Waals surface area contributed by atoms with Gasteiger partial charge in [-0.25, -0.2) is 4.98 Å². The first-order chi connectivity index (χ1) is 12.1. The van der Waals surface area contributed by atoms with Gasteiger partial charge in [0.05, 0.1) is 6.33 Å². The Bertz CT molecular complexity index is 841. The van der Waals surface area contributed by atoms with E-state index < -0.39 is 0 Å². The molecule has 1 aromatic carbocycles. The normalized spacial score (nSPS) is 11.2. The number of rotatable bonds is 7. The lowest BCUT2D eigenvalue weighted by atomic mass is 10.1. The molecule has 3 N–H and O–H groups in total. The molecule has 0 fully saturated rings. The van der Waals surface area contributed by atoms with Crippen molar-refractivity contribution in [1.29, 1.82) is 0 Å². The van der Waals surface area contributed by atoms with Crippen LogP contribution in [0.1, 0.15) is 32.4 Å². The van der Waals surface area contributed by atoms with E-state index in [1.807, 2.05) is 30.0 Å².